The summed E-state index contributed by atoms with van der Waals surface area (Å²) in [7, 11) is 0. The molecule has 0 amide bonds. The van der Waals surface area contributed by atoms with E-state index in [0.29, 0.717) is 0 Å². The number of allylic oxidation sites excluding steroid dienone is 4. The van der Waals surface area contributed by atoms with E-state index in [0.717, 1.165) is 6.08 Å². The summed E-state index contributed by atoms with van der Waals surface area (Å²) in [5.74, 6) is 4.46. The third-order valence-corrected chi connectivity index (χ3v) is 1.40. The van der Waals surface area contributed by atoms with Gasteiger partial charge in [0.05, 0.1) is 0 Å². The van der Waals surface area contributed by atoms with Crippen molar-refractivity contribution in [2.75, 3.05) is 0 Å². The van der Waals surface area contributed by atoms with Gasteiger partial charge in [-0.25, -0.2) is 0 Å². The average molecular weight is 172 g/mol. The van der Waals surface area contributed by atoms with Crippen LogP contribution < -0.4 is 0 Å². The lowest BCUT2D eigenvalue weighted by Gasteiger charge is -2.02. The fourth-order valence-electron chi connectivity index (χ4n) is 0.765. The fourth-order valence-corrected chi connectivity index (χ4v) is 0.765. The van der Waals surface area contributed by atoms with E-state index in [1.807, 2.05) is 0 Å². The van der Waals surface area contributed by atoms with Crippen LogP contribution in [0.2, 0.25) is 0 Å². The highest BCUT2D eigenvalue weighted by Crippen LogP contribution is 2.25. The average Bonchev–Trinajstić information content (AvgIpc) is 2.11. The van der Waals surface area contributed by atoms with Crippen molar-refractivity contribution < 1.29 is 13.2 Å². The van der Waals surface area contributed by atoms with Gasteiger partial charge in [0, 0.05) is 5.92 Å². The van der Waals surface area contributed by atoms with Crippen molar-refractivity contribution in [2.45, 2.75) is 13.1 Å². The Morgan fingerprint density at radius 1 is 1.42 bits per heavy atom. The molecule has 64 valence electrons. The number of alkyl halides is 3. The molecule has 0 aromatic carbocycles. The van der Waals surface area contributed by atoms with E-state index in [-0.39, 0.29) is 5.92 Å². The third kappa shape index (κ3) is 2.16. The lowest BCUT2D eigenvalue weighted by molar-refractivity contribution is -0.0871. The minimum absolute atomic E-state index is 0.110. The molecular weight excluding hydrogens is 165 g/mol. The van der Waals surface area contributed by atoms with E-state index in [1.165, 1.54) is 6.08 Å². The van der Waals surface area contributed by atoms with Crippen LogP contribution in [0.4, 0.5) is 13.2 Å². The molecule has 0 aromatic rings. The van der Waals surface area contributed by atoms with Crippen LogP contribution in [0, 0.1) is 17.8 Å². The molecule has 1 aliphatic rings. The standard InChI is InChI=1S/C9H7F3/c1-7-3-2-4-8(6-5-7)9(10,11)12/h2-4,7H,1H3/t7-/m1/s1. The summed E-state index contributed by atoms with van der Waals surface area (Å²) in [5, 5.41) is 0. The van der Waals surface area contributed by atoms with Crippen molar-refractivity contribution in [1.82, 2.24) is 0 Å². The van der Waals surface area contributed by atoms with Gasteiger partial charge in [0.2, 0.25) is 0 Å². The summed E-state index contributed by atoms with van der Waals surface area (Å²) in [6.07, 6.45) is -0.315. The molecular formula is C9H7F3. The molecule has 0 N–H and O–H groups in total. The topological polar surface area (TPSA) is 0 Å². The minimum Gasteiger partial charge on any atom is -0.165 e. The molecule has 1 rings (SSSR count). The summed E-state index contributed by atoms with van der Waals surface area (Å²) < 4.78 is 36.1. The predicted molar refractivity (Wildman–Crippen MR) is 40.2 cm³/mol. The Morgan fingerprint density at radius 2 is 2.08 bits per heavy atom. The van der Waals surface area contributed by atoms with Gasteiger partial charge in [0.15, 0.2) is 0 Å². The van der Waals surface area contributed by atoms with Gasteiger partial charge in [-0.3, -0.25) is 0 Å². The van der Waals surface area contributed by atoms with Gasteiger partial charge in [0.1, 0.15) is 5.57 Å². The number of halogens is 3. The second-order valence-electron chi connectivity index (χ2n) is 2.52. The van der Waals surface area contributed by atoms with Crippen molar-refractivity contribution >= 4 is 0 Å². The normalized spacial score (nSPS) is 22.3. The van der Waals surface area contributed by atoms with Crippen LogP contribution in [0.15, 0.2) is 23.8 Å². The van der Waals surface area contributed by atoms with Crippen LogP contribution >= 0.6 is 0 Å². The smallest absolute Gasteiger partial charge is 0.165 e. The molecule has 0 aliphatic heterocycles. The first-order valence-electron chi connectivity index (χ1n) is 3.47. The second-order valence-corrected chi connectivity index (χ2v) is 2.52. The first kappa shape index (κ1) is 8.92. The molecule has 0 fully saturated rings. The van der Waals surface area contributed by atoms with Crippen molar-refractivity contribution in [1.29, 1.82) is 0 Å². The van der Waals surface area contributed by atoms with E-state index in [4.69, 9.17) is 0 Å². The Morgan fingerprint density at radius 3 is 2.67 bits per heavy atom. The van der Waals surface area contributed by atoms with Crippen molar-refractivity contribution in [3.8, 4) is 11.8 Å². The number of hydrogen-bond donors (Lipinski definition) is 0. The summed E-state index contributed by atoms with van der Waals surface area (Å²) in [5.41, 5.74) is -0.775. The van der Waals surface area contributed by atoms with Gasteiger partial charge in [-0.05, 0) is 13.0 Å². The molecule has 0 spiro atoms. The molecule has 0 nitrogen and oxygen atoms in total. The van der Waals surface area contributed by atoms with Gasteiger partial charge in [-0.1, -0.05) is 24.0 Å². The van der Waals surface area contributed by atoms with Gasteiger partial charge in [-0.2, -0.15) is 13.2 Å². The lowest BCUT2D eigenvalue weighted by Crippen LogP contribution is -2.09. The zero-order valence-corrected chi connectivity index (χ0v) is 6.44. The lowest BCUT2D eigenvalue weighted by atomic mass is 10.2. The van der Waals surface area contributed by atoms with E-state index in [2.05, 4.69) is 11.8 Å². The SMILES string of the molecule is C[C@H]1C#CC(C(F)(F)F)=CC=C1. The van der Waals surface area contributed by atoms with E-state index >= 15 is 0 Å². The number of rotatable bonds is 0. The summed E-state index contributed by atoms with van der Waals surface area (Å²) >= 11 is 0. The molecule has 1 atom stereocenters. The van der Waals surface area contributed by atoms with Gasteiger partial charge in [-0.15, -0.1) is 0 Å². The number of hydrogen-bond acceptors (Lipinski definition) is 0. The zero-order chi connectivity index (χ0) is 9.19. The quantitative estimate of drug-likeness (QED) is 0.493. The summed E-state index contributed by atoms with van der Waals surface area (Å²) in [4.78, 5) is 0. The minimum atomic E-state index is -4.32. The van der Waals surface area contributed by atoms with Gasteiger partial charge < -0.3 is 0 Å². The van der Waals surface area contributed by atoms with E-state index < -0.39 is 11.7 Å². The zero-order valence-electron chi connectivity index (χ0n) is 6.44. The molecule has 1 aliphatic carbocycles. The molecule has 0 heterocycles. The van der Waals surface area contributed by atoms with Crippen LogP contribution in [-0.2, 0) is 0 Å². The van der Waals surface area contributed by atoms with Crippen LogP contribution in [0.5, 0.6) is 0 Å². The molecule has 12 heavy (non-hydrogen) atoms. The first-order chi connectivity index (χ1) is 5.50. The Balaban J connectivity index is 2.94. The largest absolute Gasteiger partial charge is 0.424 e. The van der Waals surface area contributed by atoms with Crippen molar-refractivity contribution in [2.24, 2.45) is 5.92 Å². The molecule has 0 bridgehead atoms. The van der Waals surface area contributed by atoms with E-state index in [9.17, 15) is 13.2 Å². The molecule has 0 saturated carbocycles. The Hall–Kier alpha value is -1.17. The van der Waals surface area contributed by atoms with Crippen LogP contribution in [0.1, 0.15) is 6.92 Å². The fraction of sp³-hybridized carbons (Fsp3) is 0.333. The summed E-state index contributed by atoms with van der Waals surface area (Å²) in [6.45, 7) is 1.75. The van der Waals surface area contributed by atoms with Crippen molar-refractivity contribution in [3.05, 3.63) is 23.8 Å². The maximum atomic E-state index is 12.0. The molecule has 0 radical (unpaired) electrons. The summed E-state index contributed by atoms with van der Waals surface area (Å²) in [6, 6.07) is 0. The van der Waals surface area contributed by atoms with Crippen LogP contribution in [0.3, 0.4) is 0 Å². The highest BCUT2D eigenvalue weighted by atomic mass is 19.4. The highest BCUT2D eigenvalue weighted by molar-refractivity contribution is 5.39. The Bertz CT molecular complexity index is 283. The predicted octanol–water partition coefficient (Wildman–Crippen LogP) is 2.68. The van der Waals surface area contributed by atoms with E-state index in [1.54, 1.807) is 13.0 Å². The first-order valence-corrected chi connectivity index (χ1v) is 3.47. The van der Waals surface area contributed by atoms with Crippen LogP contribution in [0.25, 0.3) is 0 Å². The third-order valence-electron chi connectivity index (χ3n) is 1.40. The van der Waals surface area contributed by atoms with Crippen LogP contribution in [-0.4, -0.2) is 6.18 Å². The maximum Gasteiger partial charge on any atom is 0.424 e. The van der Waals surface area contributed by atoms with Gasteiger partial charge >= 0.3 is 6.18 Å². The maximum absolute atomic E-state index is 12.0. The van der Waals surface area contributed by atoms with Crippen molar-refractivity contribution in [3.63, 3.8) is 0 Å². The molecule has 0 saturated heterocycles. The molecule has 0 aromatic heterocycles. The monoisotopic (exact) mass is 172 g/mol. The second kappa shape index (κ2) is 3.06. The Kier molecular flexibility index (Phi) is 2.27. The van der Waals surface area contributed by atoms with Gasteiger partial charge in [0.25, 0.3) is 0 Å². The molecule has 3 heteroatoms. The highest BCUT2D eigenvalue weighted by Gasteiger charge is 2.32. The molecule has 0 unspecified atom stereocenters. The Labute approximate surface area is 68.8 Å².